The van der Waals surface area contributed by atoms with Gasteiger partial charge in [0, 0.05) is 23.3 Å². The summed E-state index contributed by atoms with van der Waals surface area (Å²) >= 11 is 6.36. The van der Waals surface area contributed by atoms with Gasteiger partial charge in [0.2, 0.25) is 5.78 Å². The Morgan fingerprint density at radius 1 is 0.900 bits per heavy atom. The fraction of sp³-hybridized carbons (Fsp3) is 0.0800. The third-order valence-corrected chi connectivity index (χ3v) is 6.31. The summed E-state index contributed by atoms with van der Waals surface area (Å²) in [6.45, 7) is 0. The zero-order valence-electron chi connectivity index (χ0n) is 15.9. The molecule has 1 unspecified atom stereocenters. The summed E-state index contributed by atoms with van der Waals surface area (Å²) in [6, 6.07) is 22.9. The van der Waals surface area contributed by atoms with Crippen LogP contribution in [-0.2, 0) is 6.42 Å². The Morgan fingerprint density at radius 2 is 1.70 bits per heavy atom. The minimum absolute atomic E-state index is 0.0104. The van der Waals surface area contributed by atoms with E-state index in [9.17, 15) is 0 Å². The van der Waals surface area contributed by atoms with Gasteiger partial charge in [0.05, 0.1) is 33.5 Å². The van der Waals surface area contributed by atoms with E-state index in [0.29, 0.717) is 0 Å². The van der Waals surface area contributed by atoms with Crippen LogP contribution in [0.4, 0.5) is 0 Å². The molecule has 3 aromatic carbocycles. The number of hydrogen-bond acceptors (Lipinski definition) is 2. The van der Waals surface area contributed by atoms with E-state index in [-0.39, 0.29) is 5.38 Å². The minimum atomic E-state index is -0.0104. The second-order valence-electron chi connectivity index (χ2n) is 7.76. The summed E-state index contributed by atoms with van der Waals surface area (Å²) in [4.78, 5) is 5.00. The standard InChI is InChI=1S/C25H16ClN3O/c26-15-9-12-20-19(13-15)27-25-28(21-6-2-3-7-22(21)29(20)25)16-10-11-18-17-5-1-4-8-23(17)30-24(18)14-16/h1-12,14-15H,13H2. The van der Waals surface area contributed by atoms with Crippen molar-refractivity contribution in [2.45, 2.75) is 11.8 Å². The van der Waals surface area contributed by atoms with E-state index < -0.39 is 0 Å². The fourth-order valence-corrected chi connectivity index (χ4v) is 4.90. The third kappa shape index (κ3) is 2.09. The number of alkyl halides is 1. The molecular weight excluding hydrogens is 394 g/mol. The molecule has 0 saturated carbocycles. The lowest BCUT2D eigenvalue weighted by Crippen LogP contribution is -2.06. The number of para-hydroxylation sites is 3. The topological polar surface area (TPSA) is 35.4 Å². The van der Waals surface area contributed by atoms with Gasteiger partial charge in [-0.15, -0.1) is 11.6 Å². The van der Waals surface area contributed by atoms with Crippen molar-refractivity contribution in [3.63, 3.8) is 0 Å². The van der Waals surface area contributed by atoms with Gasteiger partial charge in [-0.2, -0.15) is 0 Å². The first kappa shape index (κ1) is 16.3. The van der Waals surface area contributed by atoms with Crippen LogP contribution in [0.1, 0.15) is 11.4 Å². The van der Waals surface area contributed by atoms with Gasteiger partial charge in [-0.05, 0) is 36.4 Å². The Hall–Kier alpha value is -3.50. The Balaban J connectivity index is 1.57. The van der Waals surface area contributed by atoms with E-state index in [2.05, 4.69) is 63.6 Å². The molecule has 5 heteroatoms. The maximum absolute atomic E-state index is 6.36. The maximum atomic E-state index is 6.36. The van der Waals surface area contributed by atoms with Gasteiger partial charge in [0.15, 0.2) is 0 Å². The van der Waals surface area contributed by atoms with E-state index in [1.165, 1.54) is 0 Å². The van der Waals surface area contributed by atoms with Gasteiger partial charge in [0.25, 0.3) is 0 Å². The molecule has 0 spiro atoms. The summed E-state index contributed by atoms with van der Waals surface area (Å²) in [6.07, 6.45) is 4.88. The number of benzene rings is 3. The molecule has 6 aromatic rings. The molecule has 1 aliphatic rings. The lowest BCUT2D eigenvalue weighted by molar-refractivity contribution is 0.668. The van der Waals surface area contributed by atoms with Gasteiger partial charge in [-0.3, -0.25) is 8.97 Å². The summed E-state index contributed by atoms with van der Waals surface area (Å²) < 4.78 is 10.6. The van der Waals surface area contributed by atoms with E-state index in [0.717, 1.165) is 62.2 Å². The number of furan rings is 1. The number of nitrogens with zero attached hydrogens (tertiary/aromatic N) is 3. The first-order valence-electron chi connectivity index (χ1n) is 10.0. The number of aromatic nitrogens is 3. The normalized spacial score (nSPS) is 16.2. The zero-order valence-corrected chi connectivity index (χ0v) is 16.7. The van der Waals surface area contributed by atoms with Crippen molar-refractivity contribution >= 4 is 56.4 Å². The molecule has 0 amide bonds. The Labute approximate surface area is 176 Å². The van der Waals surface area contributed by atoms with Gasteiger partial charge in [-0.25, -0.2) is 4.98 Å². The first-order valence-corrected chi connectivity index (χ1v) is 10.5. The number of rotatable bonds is 1. The Bertz CT molecular complexity index is 1650. The molecule has 0 radical (unpaired) electrons. The molecule has 1 aliphatic carbocycles. The largest absolute Gasteiger partial charge is 0.456 e. The number of halogens is 1. The van der Waals surface area contributed by atoms with Crippen LogP contribution < -0.4 is 0 Å². The lowest BCUT2D eigenvalue weighted by atomic mass is 10.1. The molecule has 144 valence electrons. The highest BCUT2D eigenvalue weighted by Crippen LogP contribution is 2.34. The van der Waals surface area contributed by atoms with Crippen molar-refractivity contribution in [2.24, 2.45) is 0 Å². The van der Waals surface area contributed by atoms with Crippen molar-refractivity contribution < 1.29 is 4.42 Å². The highest BCUT2D eigenvalue weighted by Gasteiger charge is 2.23. The van der Waals surface area contributed by atoms with Crippen LogP contribution >= 0.6 is 11.6 Å². The molecule has 4 nitrogen and oxygen atoms in total. The Kier molecular flexibility index (Phi) is 3.14. The molecule has 30 heavy (non-hydrogen) atoms. The van der Waals surface area contributed by atoms with Crippen LogP contribution in [0.2, 0.25) is 0 Å². The predicted octanol–water partition coefficient (Wildman–Crippen LogP) is 6.35. The van der Waals surface area contributed by atoms with Gasteiger partial charge < -0.3 is 4.42 Å². The number of imidazole rings is 2. The predicted molar refractivity (Wildman–Crippen MR) is 122 cm³/mol. The van der Waals surface area contributed by atoms with Crippen LogP contribution in [-0.4, -0.2) is 19.3 Å². The number of allylic oxidation sites excluding steroid dienone is 1. The molecule has 1 atom stereocenters. The van der Waals surface area contributed by atoms with E-state index in [1.807, 2.05) is 24.3 Å². The molecule has 0 saturated heterocycles. The lowest BCUT2D eigenvalue weighted by Gasteiger charge is -2.09. The highest BCUT2D eigenvalue weighted by atomic mass is 35.5. The van der Waals surface area contributed by atoms with Crippen LogP contribution in [0.3, 0.4) is 0 Å². The molecule has 0 N–H and O–H groups in total. The summed E-state index contributed by atoms with van der Waals surface area (Å²) in [7, 11) is 0. The van der Waals surface area contributed by atoms with Crippen molar-refractivity contribution in [1.29, 1.82) is 0 Å². The van der Waals surface area contributed by atoms with Crippen molar-refractivity contribution in [3.8, 4) is 5.69 Å². The molecule has 7 rings (SSSR count). The maximum Gasteiger partial charge on any atom is 0.220 e. The van der Waals surface area contributed by atoms with Gasteiger partial charge in [-0.1, -0.05) is 36.4 Å². The molecular formula is C25H16ClN3O. The Morgan fingerprint density at radius 3 is 2.63 bits per heavy atom. The van der Waals surface area contributed by atoms with Crippen molar-refractivity contribution in [1.82, 2.24) is 14.0 Å². The zero-order chi connectivity index (χ0) is 19.8. The molecule has 0 aliphatic heterocycles. The van der Waals surface area contributed by atoms with Gasteiger partial charge in [0.1, 0.15) is 11.2 Å². The average Bonchev–Trinajstić information content (AvgIpc) is 3.40. The first-order chi connectivity index (χ1) is 14.8. The summed E-state index contributed by atoms with van der Waals surface area (Å²) in [5.74, 6) is 0.895. The fourth-order valence-electron chi connectivity index (χ4n) is 4.68. The quantitative estimate of drug-likeness (QED) is 0.296. The minimum Gasteiger partial charge on any atom is -0.456 e. The smallest absolute Gasteiger partial charge is 0.220 e. The summed E-state index contributed by atoms with van der Waals surface area (Å²) in [5.41, 5.74) is 7.20. The third-order valence-electron chi connectivity index (χ3n) is 6.01. The molecule has 0 fully saturated rings. The number of hydrogen-bond donors (Lipinski definition) is 0. The van der Waals surface area contributed by atoms with E-state index in [4.69, 9.17) is 21.0 Å². The van der Waals surface area contributed by atoms with Crippen LogP contribution in [0.25, 0.3) is 50.5 Å². The molecule has 3 aromatic heterocycles. The average molecular weight is 410 g/mol. The monoisotopic (exact) mass is 409 g/mol. The van der Waals surface area contributed by atoms with Crippen LogP contribution in [0, 0.1) is 0 Å². The summed E-state index contributed by atoms with van der Waals surface area (Å²) in [5, 5.41) is 2.25. The van der Waals surface area contributed by atoms with Crippen LogP contribution in [0.15, 0.2) is 77.2 Å². The second-order valence-corrected chi connectivity index (χ2v) is 8.32. The SMILES string of the molecule is ClC1C=Cc2c(nc3n(-c4ccc5c(c4)oc4ccccc45)c4ccccc4n23)C1. The molecule has 0 bridgehead atoms. The van der Waals surface area contributed by atoms with Gasteiger partial charge >= 0.3 is 0 Å². The molecule has 3 heterocycles. The van der Waals surface area contributed by atoms with Crippen molar-refractivity contribution in [3.05, 3.63) is 84.2 Å². The van der Waals surface area contributed by atoms with E-state index >= 15 is 0 Å². The number of fused-ring (bicyclic) bond motifs is 8. The highest BCUT2D eigenvalue weighted by molar-refractivity contribution is 6.22. The van der Waals surface area contributed by atoms with E-state index in [1.54, 1.807) is 0 Å². The van der Waals surface area contributed by atoms with Crippen LogP contribution in [0.5, 0.6) is 0 Å². The van der Waals surface area contributed by atoms with Crippen molar-refractivity contribution in [2.75, 3.05) is 0 Å². The second kappa shape index (κ2) is 5.77.